The summed E-state index contributed by atoms with van der Waals surface area (Å²) in [4.78, 5) is 13.4. The van der Waals surface area contributed by atoms with E-state index in [1.165, 1.54) is 0 Å². The standard InChI is InChI=1S/C24H33O7P.Li.H/c1-14-10-9-11-15(2)22(14)24(25)32-23-20(30-17(4)27-7)12-19(29-16(3)26-6)13-21(23)31-18(5)28-8;;/h9-13,16-18,32H,1-8H3;;. The van der Waals surface area contributed by atoms with E-state index in [0.29, 0.717) is 28.1 Å². The molecule has 0 aromatic heterocycles. The number of carbonyl (C=O) groups is 1. The quantitative estimate of drug-likeness (QED) is 0.264. The zero-order chi connectivity index (χ0) is 23.8. The van der Waals surface area contributed by atoms with E-state index in [2.05, 4.69) is 0 Å². The van der Waals surface area contributed by atoms with Gasteiger partial charge in [-0.3, -0.25) is 4.79 Å². The first-order valence-corrected chi connectivity index (χ1v) is 11.3. The summed E-state index contributed by atoms with van der Waals surface area (Å²) in [6.45, 7) is 9.18. The Morgan fingerprint density at radius 1 is 0.788 bits per heavy atom. The van der Waals surface area contributed by atoms with Crippen LogP contribution in [0.4, 0.5) is 0 Å². The van der Waals surface area contributed by atoms with E-state index in [9.17, 15) is 4.79 Å². The van der Waals surface area contributed by atoms with Gasteiger partial charge in [-0.2, -0.15) is 0 Å². The minimum atomic E-state index is -0.545. The number of methoxy groups -OCH3 is 3. The van der Waals surface area contributed by atoms with Crippen LogP contribution >= 0.6 is 8.58 Å². The van der Waals surface area contributed by atoms with Crippen molar-refractivity contribution in [3.63, 3.8) is 0 Å². The molecule has 0 fully saturated rings. The number of carbonyl (C=O) groups excluding carboxylic acids is 1. The van der Waals surface area contributed by atoms with Crippen LogP contribution in [-0.2, 0) is 14.2 Å². The molecule has 4 atom stereocenters. The van der Waals surface area contributed by atoms with Crippen LogP contribution in [0, 0.1) is 13.8 Å². The van der Waals surface area contributed by atoms with Gasteiger partial charge < -0.3 is 28.4 Å². The van der Waals surface area contributed by atoms with Crippen molar-refractivity contribution in [2.45, 2.75) is 53.5 Å². The number of benzene rings is 2. The van der Waals surface area contributed by atoms with Gasteiger partial charge in [-0.1, -0.05) is 18.2 Å². The van der Waals surface area contributed by atoms with Crippen LogP contribution in [-0.4, -0.2) is 64.6 Å². The topological polar surface area (TPSA) is 72.5 Å². The molecule has 2 aromatic carbocycles. The summed E-state index contributed by atoms with van der Waals surface area (Å²) in [7, 11) is 4.40. The van der Waals surface area contributed by atoms with Crippen LogP contribution < -0.4 is 19.5 Å². The molecule has 0 bridgehead atoms. The summed E-state index contributed by atoms with van der Waals surface area (Å²) < 4.78 is 33.6. The number of aryl methyl sites for hydroxylation is 2. The number of hydrogen-bond acceptors (Lipinski definition) is 7. The average molecular weight is 472 g/mol. The third kappa shape index (κ3) is 8.29. The first-order valence-electron chi connectivity index (χ1n) is 10.3. The van der Waals surface area contributed by atoms with E-state index < -0.39 is 18.9 Å². The third-order valence-corrected chi connectivity index (χ3v) is 6.09. The monoisotopic (exact) mass is 472 g/mol. The molecule has 2 rings (SSSR count). The molecule has 178 valence electrons. The molecule has 0 saturated carbocycles. The Balaban J connectivity index is 0.00000544. The molecule has 0 aliphatic carbocycles. The minimum absolute atomic E-state index is 0. The molecule has 0 aliphatic heterocycles. The van der Waals surface area contributed by atoms with E-state index in [1.54, 1.807) is 54.2 Å². The molecule has 4 unspecified atom stereocenters. The molecule has 0 radical (unpaired) electrons. The summed E-state index contributed by atoms with van der Waals surface area (Å²) in [5.41, 5.74) is 2.55. The van der Waals surface area contributed by atoms with E-state index in [0.717, 1.165) is 11.1 Å². The van der Waals surface area contributed by atoms with Crippen molar-refractivity contribution < 1.29 is 33.2 Å². The third-order valence-electron chi connectivity index (χ3n) is 4.87. The van der Waals surface area contributed by atoms with Gasteiger partial charge >= 0.3 is 18.9 Å². The molecular weight excluding hydrogens is 438 g/mol. The Morgan fingerprint density at radius 2 is 1.21 bits per heavy atom. The molecule has 33 heavy (non-hydrogen) atoms. The zero-order valence-electron chi connectivity index (χ0n) is 20.0. The Morgan fingerprint density at radius 3 is 1.64 bits per heavy atom. The number of hydrogen-bond donors (Lipinski definition) is 0. The Kier molecular flexibility index (Phi) is 12.5. The zero-order valence-corrected chi connectivity index (χ0v) is 21.0. The van der Waals surface area contributed by atoms with E-state index in [1.807, 2.05) is 32.0 Å². The van der Waals surface area contributed by atoms with Gasteiger partial charge in [0.25, 0.3) is 0 Å². The molecule has 7 nitrogen and oxygen atoms in total. The van der Waals surface area contributed by atoms with Crippen LogP contribution in [0.3, 0.4) is 0 Å². The number of rotatable bonds is 12. The summed E-state index contributed by atoms with van der Waals surface area (Å²) in [5, 5.41) is 0.614. The second-order valence-electron chi connectivity index (χ2n) is 7.28. The van der Waals surface area contributed by atoms with Crippen molar-refractivity contribution in [2.24, 2.45) is 0 Å². The van der Waals surface area contributed by atoms with Gasteiger partial charge in [-0.05, 0) is 54.3 Å². The maximum absolute atomic E-state index is 13.4. The van der Waals surface area contributed by atoms with Gasteiger partial charge in [0.15, 0.2) is 24.4 Å². The molecular formula is C24H34LiO7P. The van der Waals surface area contributed by atoms with E-state index in [-0.39, 0.29) is 33.0 Å². The van der Waals surface area contributed by atoms with Gasteiger partial charge in [0.05, 0.1) is 5.30 Å². The second kappa shape index (κ2) is 14.0. The first-order chi connectivity index (χ1) is 15.2. The van der Waals surface area contributed by atoms with Gasteiger partial charge in [0.2, 0.25) is 0 Å². The second-order valence-corrected chi connectivity index (χ2v) is 8.48. The van der Waals surface area contributed by atoms with Gasteiger partial charge in [-0.15, -0.1) is 0 Å². The fourth-order valence-corrected chi connectivity index (χ4v) is 4.24. The van der Waals surface area contributed by atoms with Crippen molar-refractivity contribution in [3.05, 3.63) is 47.0 Å². The van der Waals surface area contributed by atoms with Gasteiger partial charge in [0.1, 0.15) is 17.2 Å². The van der Waals surface area contributed by atoms with Crippen LogP contribution in [0.1, 0.15) is 42.3 Å². The molecule has 9 heteroatoms. The maximum atomic E-state index is 13.4. The van der Waals surface area contributed by atoms with Crippen molar-refractivity contribution in [3.8, 4) is 17.2 Å². The van der Waals surface area contributed by atoms with E-state index in [4.69, 9.17) is 28.4 Å². The Labute approximate surface area is 210 Å². The molecule has 0 spiro atoms. The summed E-state index contributed by atoms with van der Waals surface area (Å²) in [6, 6.07) is 9.24. The SMILES string of the molecule is COC(C)Oc1cc(OC(C)OC)c(PC(=O)c2c(C)cccc2C)c(OC(C)OC)c1.[LiH]. The van der Waals surface area contributed by atoms with Crippen molar-refractivity contribution >= 4 is 38.3 Å². The first kappa shape index (κ1) is 29.4. The Hall–Kier alpha value is -1.58. The summed E-state index contributed by atoms with van der Waals surface area (Å²) in [5.74, 6) is 1.36. The van der Waals surface area contributed by atoms with Crippen molar-refractivity contribution in [1.29, 1.82) is 0 Å². The van der Waals surface area contributed by atoms with Gasteiger partial charge in [0, 0.05) is 39.0 Å². The Bertz CT molecular complexity index is 868. The summed E-state index contributed by atoms with van der Waals surface area (Å²) >= 11 is 0. The van der Waals surface area contributed by atoms with Crippen LogP contribution in [0.15, 0.2) is 30.3 Å². The molecule has 2 aromatic rings. The van der Waals surface area contributed by atoms with Crippen LogP contribution in [0.5, 0.6) is 17.2 Å². The molecule has 0 aliphatic rings. The van der Waals surface area contributed by atoms with Gasteiger partial charge in [-0.25, -0.2) is 0 Å². The number of ether oxygens (including phenoxy) is 6. The predicted molar refractivity (Wildman–Crippen MR) is 133 cm³/mol. The predicted octanol–water partition coefficient (Wildman–Crippen LogP) is 3.91. The normalized spacial score (nSPS) is 13.8. The molecule has 0 N–H and O–H groups in total. The average Bonchev–Trinajstić information content (AvgIpc) is 2.75. The molecule has 0 amide bonds. The summed E-state index contributed by atoms with van der Waals surface area (Å²) in [6.07, 6.45) is -1.58. The van der Waals surface area contributed by atoms with E-state index >= 15 is 0 Å². The fourth-order valence-electron chi connectivity index (χ4n) is 2.99. The van der Waals surface area contributed by atoms with Crippen molar-refractivity contribution in [1.82, 2.24) is 0 Å². The fraction of sp³-hybridized carbons (Fsp3) is 0.458. The van der Waals surface area contributed by atoms with Crippen molar-refractivity contribution in [2.75, 3.05) is 21.3 Å². The van der Waals surface area contributed by atoms with Crippen LogP contribution in [0.25, 0.3) is 0 Å². The molecule has 0 heterocycles. The molecule has 0 saturated heterocycles. The van der Waals surface area contributed by atoms with Crippen LogP contribution in [0.2, 0.25) is 0 Å².